The molecule has 0 aliphatic heterocycles. The average Bonchev–Trinajstić information content (AvgIpc) is 2.72. The van der Waals surface area contributed by atoms with E-state index in [2.05, 4.69) is 15.2 Å². The smallest absolute Gasteiger partial charge is 0.132 e. The number of pyridine rings is 1. The zero-order valence-electron chi connectivity index (χ0n) is 9.24. The van der Waals surface area contributed by atoms with E-state index >= 15 is 0 Å². The molecular formula is C13H10FN3. The van der Waals surface area contributed by atoms with Gasteiger partial charge in [0, 0.05) is 22.8 Å². The number of benzene rings is 1. The molecule has 3 aromatic rings. The van der Waals surface area contributed by atoms with Crippen LogP contribution in [-0.2, 0) is 0 Å². The van der Waals surface area contributed by atoms with Gasteiger partial charge in [0.1, 0.15) is 5.82 Å². The molecule has 0 aliphatic carbocycles. The van der Waals surface area contributed by atoms with E-state index in [1.807, 2.05) is 13.0 Å². The summed E-state index contributed by atoms with van der Waals surface area (Å²) in [6, 6.07) is 8.44. The number of hydrogen-bond acceptors (Lipinski definition) is 2. The second-order valence-corrected chi connectivity index (χ2v) is 3.88. The summed E-state index contributed by atoms with van der Waals surface area (Å²) in [5.74, 6) is -0.270. The van der Waals surface area contributed by atoms with Gasteiger partial charge in [0.2, 0.25) is 0 Å². The summed E-state index contributed by atoms with van der Waals surface area (Å²) in [6.45, 7) is 1.90. The van der Waals surface area contributed by atoms with E-state index in [1.165, 1.54) is 6.07 Å². The molecule has 0 saturated carbocycles. The van der Waals surface area contributed by atoms with Crippen molar-refractivity contribution in [3.05, 3.63) is 48.0 Å². The third-order valence-corrected chi connectivity index (χ3v) is 2.78. The Balaban J connectivity index is 2.38. The molecule has 84 valence electrons. The van der Waals surface area contributed by atoms with Gasteiger partial charge in [-0.25, -0.2) is 4.39 Å². The van der Waals surface area contributed by atoms with E-state index in [1.54, 1.807) is 24.4 Å². The summed E-state index contributed by atoms with van der Waals surface area (Å²) in [5.41, 5.74) is 2.83. The Morgan fingerprint density at radius 1 is 1.18 bits per heavy atom. The molecule has 3 rings (SSSR count). The van der Waals surface area contributed by atoms with Gasteiger partial charge < -0.3 is 0 Å². The first-order valence-electron chi connectivity index (χ1n) is 5.32. The van der Waals surface area contributed by atoms with Crippen LogP contribution in [0.5, 0.6) is 0 Å². The molecule has 0 unspecified atom stereocenters. The highest BCUT2D eigenvalue weighted by molar-refractivity contribution is 5.94. The van der Waals surface area contributed by atoms with Gasteiger partial charge in [-0.05, 0) is 25.1 Å². The Morgan fingerprint density at radius 3 is 2.82 bits per heavy atom. The minimum absolute atomic E-state index is 0.270. The van der Waals surface area contributed by atoms with Gasteiger partial charge >= 0.3 is 0 Å². The first-order valence-corrected chi connectivity index (χ1v) is 5.32. The molecule has 0 spiro atoms. The molecule has 1 N–H and O–H groups in total. The van der Waals surface area contributed by atoms with Crippen LogP contribution in [0.25, 0.3) is 22.2 Å². The predicted molar refractivity (Wildman–Crippen MR) is 64.0 cm³/mol. The van der Waals surface area contributed by atoms with Crippen LogP contribution in [-0.4, -0.2) is 15.2 Å². The number of aromatic nitrogens is 3. The molecule has 0 bridgehead atoms. The predicted octanol–water partition coefficient (Wildman–Crippen LogP) is 3.07. The van der Waals surface area contributed by atoms with Crippen molar-refractivity contribution in [2.75, 3.05) is 0 Å². The Morgan fingerprint density at radius 2 is 2.00 bits per heavy atom. The normalized spacial score (nSPS) is 10.9. The Kier molecular flexibility index (Phi) is 2.14. The summed E-state index contributed by atoms with van der Waals surface area (Å²) < 4.78 is 13.8. The topological polar surface area (TPSA) is 41.6 Å². The van der Waals surface area contributed by atoms with Crippen molar-refractivity contribution in [3.63, 3.8) is 0 Å². The highest BCUT2D eigenvalue weighted by Crippen LogP contribution is 2.28. The van der Waals surface area contributed by atoms with E-state index < -0.39 is 0 Å². The minimum Gasteiger partial charge on any atom is -0.282 e. The highest BCUT2D eigenvalue weighted by Gasteiger charge is 2.12. The average molecular weight is 227 g/mol. The van der Waals surface area contributed by atoms with Crippen LogP contribution in [0.15, 0.2) is 36.5 Å². The number of rotatable bonds is 1. The molecule has 4 heteroatoms. The number of aryl methyl sites for hydroxylation is 1. The van der Waals surface area contributed by atoms with Crippen molar-refractivity contribution in [2.24, 2.45) is 0 Å². The van der Waals surface area contributed by atoms with Gasteiger partial charge in [0.15, 0.2) is 0 Å². The number of fused-ring (bicyclic) bond motifs is 1. The van der Waals surface area contributed by atoms with E-state index in [9.17, 15) is 4.39 Å². The summed E-state index contributed by atoms with van der Waals surface area (Å²) in [7, 11) is 0. The van der Waals surface area contributed by atoms with Crippen LogP contribution in [0.1, 0.15) is 5.69 Å². The first kappa shape index (κ1) is 9.96. The lowest BCUT2D eigenvalue weighted by Gasteiger charge is -2.03. The van der Waals surface area contributed by atoms with Gasteiger partial charge in [0.05, 0.1) is 11.2 Å². The number of halogens is 1. The third-order valence-electron chi connectivity index (χ3n) is 2.78. The second kappa shape index (κ2) is 3.66. The fourth-order valence-electron chi connectivity index (χ4n) is 1.97. The van der Waals surface area contributed by atoms with Crippen molar-refractivity contribution in [1.29, 1.82) is 0 Å². The standard InChI is InChI=1S/C13H10FN3/c1-8-12-11(17-16-8)6-7-15-13(12)9-4-2-3-5-10(9)14/h2-7H,1H3,(H,16,17). The Bertz CT molecular complexity index is 688. The van der Waals surface area contributed by atoms with Crippen LogP contribution >= 0.6 is 0 Å². The van der Waals surface area contributed by atoms with Crippen LogP contribution in [0.3, 0.4) is 0 Å². The molecule has 17 heavy (non-hydrogen) atoms. The fraction of sp³-hybridized carbons (Fsp3) is 0.0769. The molecule has 2 heterocycles. The molecule has 0 atom stereocenters. The number of H-pyrrole nitrogens is 1. The van der Waals surface area contributed by atoms with Gasteiger partial charge in [-0.3, -0.25) is 10.1 Å². The Labute approximate surface area is 97.3 Å². The molecule has 2 aromatic heterocycles. The minimum atomic E-state index is -0.270. The molecule has 0 radical (unpaired) electrons. The van der Waals surface area contributed by atoms with E-state index in [4.69, 9.17) is 0 Å². The summed E-state index contributed by atoms with van der Waals surface area (Å²) in [4.78, 5) is 4.27. The van der Waals surface area contributed by atoms with Crippen molar-refractivity contribution in [2.45, 2.75) is 6.92 Å². The summed E-state index contributed by atoms with van der Waals surface area (Å²) >= 11 is 0. The molecule has 0 aliphatic rings. The molecule has 0 fully saturated rings. The SMILES string of the molecule is Cc1[nH]nc2ccnc(-c3ccccc3F)c12. The number of aromatic amines is 1. The highest BCUT2D eigenvalue weighted by atomic mass is 19.1. The van der Waals surface area contributed by atoms with E-state index in [0.29, 0.717) is 11.3 Å². The fourth-order valence-corrected chi connectivity index (χ4v) is 1.97. The lowest BCUT2D eigenvalue weighted by molar-refractivity contribution is 0.631. The molecule has 0 saturated heterocycles. The lowest BCUT2D eigenvalue weighted by Crippen LogP contribution is -1.89. The zero-order valence-corrected chi connectivity index (χ0v) is 9.24. The number of nitrogens with one attached hydrogen (secondary N) is 1. The van der Waals surface area contributed by atoms with Gasteiger partial charge in [-0.2, -0.15) is 5.10 Å². The lowest BCUT2D eigenvalue weighted by atomic mass is 10.1. The number of hydrogen-bond donors (Lipinski definition) is 1. The zero-order chi connectivity index (χ0) is 11.8. The van der Waals surface area contributed by atoms with Gasteiger partial charge in [0.25, 0.3) is 0 Å². The maximum absolute atomic E-state index is 13.8. The first-order chi connectivity index (χ1) is 8.27. The second-order valence-electron chi connectivity index (χ2n) is 3.88. The molecule has 3 nitrogen and oxygen atoms in total. The number of nitrogens with zero attached hydrogens (tertiary/aromatic N) is 2. The van der Waals surface area contributed by atoms with E-state index in [-0.39, 0.29) is 5.82 Å². The monoisotopic (exact) mass is 227 g/mol. The quantitative estimate of drug-likeness (QED) is 0.694. The van der Waals surface area contributed by atoms with Crippen LogP contribution < -0.4 is 0 Å². The van der Waals surface area contributed by atoms with Crippen molar-refractivity contribution >= 4 is 10.9 Å². The third kappa shape index (κ3) is 1.49. The maximum atomic E-state index is 13.8. The molecular weight excluding hydrogens is 217 g/mol. The van der Waals surface area contributed by atoms with Crippen LogP contribution in [0.4, 0.5) is 4.39 Å². The summed E-state index contributed by atoms with van der Waals surface area (Å²) in [6.07, 6.45) is 1.64. The van der Waals surface area contributed by atoms with Crippen molar-refractivity contribution < 1.29 is 4.39 Å². The van der Waals surface area contributed by atoms with Crippen molar-refractivity contribution in [3.8, 4) is 11.3 Å². The molecule has 1 aromatic carbocycles. The summed E-state index contributed by atoms with van der Waals surface area (Å²) in [5, 5.41) is 7.91. The van der Waals surface area contributed by atoms with Crippen LogP contribution in [0.2, 0.25) is 0 Å². The van der Waals surface area contributed by atoms with E-state index in [0.717, 1.165) is 16.6 Å². The largest absolute Gasteiger partial charge is 0.282 e. The Hall–Kier alpha value is -2.23. The van der Waals surface area contributed by atoms with Crippen LogP contribution in [0, 0.1) is 12.7 Å². The van der Waals surface area contributed by atoms with Gasteiger partial charge in [-0.15, -0.1) is 0 Å². The van der Waals surface area contributed by atoms with Crippen molar-refractivity contribution in [1.82, 2.24) is 15.2 Å². The molecule has 0 amide bonds. The van der Waals surface area contributed by atoms with Gasteiger partial charge in [-0.1, -0.05) is 12.1 Å². The maximum Gasteiger partial charge on any atom is 0.132 e.